The van der Waals surface area contributed by atoms with E-state index in [4.69, 9.17) is 0 Å². The van der Waals surface area contributed by atoms with Gasteiger partial charge < -0.3 is 15.3 Å². The fourth-order valence-electron chi connectivity index (χ4n) is 3.82. The summed E-state index contributed by atoms with van der Waals surface area (Å²) >= 11 is 4.36. The predicted octanol–water partition coefficient (Wildman–Crippen LogP) is 2.45. The maximum atomic E-state index is 12.9. The molecule has 0 aromatic rings. The summed E-state index contributed by atoms with van der Waals surface area (Å²) in [6.45, 7) is 8.95. The van der Waals surface area contributed by atoms with Gasteiger partial charge in [-0.05, 0) is 16.7 Å². The van der Waals surface area contributed by atoms with Crippen LogP contribution in [-0.2, 0) is 9.59 Å². The molecular formula is C16H23F3N2O3S. The quantitative estimate of drug-likeness (QED) is 0.736. The lowest BCUT2D eigenvalue weighted by molar-refractivity contribution is -0.152. The summed E-state index contributed by atoms with van der Waals surface area (Å²) in [6, 6.07) is -2.28. The number of aliphatic carboxylic acids is 1. The molecule has 0 bridgehead atoms. The van der Waals surface area contributed by atoms with Gasteiger partial charge in [-0.15, -0.1) is 0 Å². The van der Waals surface area contributed by atoms with Crippen LogP contribution < -0.4 is 5.32 Å². The Bertz CT molecular complexity index is 613. The van der Waals surface area contributed by atoms with Gasteiger partial charge in [0.1, 0.15) is 12.1 Å². The van der Waals surface area contributed by atoms with Crippen molar-refractivity contribution in [2.75, 3.05) is 6.54 Å². The fourth-order valence-corrected chi connectivity index (χ4v) is 3.94. The molecule has 2 fully saturated rings. The minimum absolute atomic E-state index is 0.0488. The highest BCUT2D eigenvalue weighted by Crippen LogP contribution is 2.65. The van der Waals surface area contributed by atoms with E-state index in [1.54, 1.807) is 20.8 Å². The second-order valence-electron chi connectivity index (χ2n) is 8.50. The van der Waals surface area contributed by atoms with Gasteiger partial charge >= 0.3 is 12.1 Å². The lowest BCUT2D eigenvalue weighted by Gasteiger charge is -2.37. The van der Waals surface area contributed by atoms with Crippen molar-refractivity contribution in [2.24, 2.45) is 22.7 Å². The van der Waals surface area contributed by atoms with E-state index in [9.17, 15) is 27.9 Å². The standard InChI is InChI=1S/C16H23F3N2O3S/c1-14(2,3)10(20-13(25)16(17,18)19)11(22)21-6-7-8(15(7,4)5)9(21)12(23)24/h7-10H,6H2,1-5H3,(H,20,25)(H,23,24)/t7?,8?,9?,10-/m1/s1. The van der Waals surface area contributed by atoms with Crippen molar-refractivity contribution >= 4 is 29.1 Å². The normalized spacial score (nSPS) is 29.0. The molecule has 0 radical (unpaired) electrons. The molecule has 1 aliphatic heterocycles. The fraction of sp³-hybridized carbons (Fsp3) is 0.812. The highest BCUT2D eigenvalue weighted by molar-refractivity contribution is 7.80. The molecule has 25 heavy (non-hydrogen) atoms. The second kappa shape index (κ2) is 5.82. The van der Waals surface area contributed by atoms with Crippen molar-refractivity contribution in [1.29, 1.82) is 0 Å². The van der Waals surface area contributed by atoms with Gasteiger partial charge in [0.25, 0.3) is 0 Å². The number of hydrogen-bond acceptors (Lipinski definition) is 3. The van der Waals surface area contributed by atoms with Crippen LogP contribution in [0.1, 0.15) is 34.6 Å². The SMILES string of the molecule is CC1(C)C2CN(C(=O)[C@@H](NC(=S)C(F)(F)F)C(C)(C)C)C(C(=O)O)C21. The first kappa shape index (κ1) is 19.9. The van der Waals surface area contributed by atoms with E-state index >= 15 is 0 Å². The topological polar surface area (TPSA) is 69.6 Å². The molecule has 1 saturated heterocycles. The molecule has 142 valence electrons. The third-order valence-electron chi connectivity index (χ3n) is 5.39. The van der Waals surface area contributed by atoms with Gasteiger partial charge in [0.15, 0.2) is 4.99 Å². The molecule has 1 saturated carbocycles. The van der Waals surface area contributed by atoms with Crippen molar-refractivity contribution in [2.45, 2.75) is 52.9 Å². The molecule has 5 nitrogen and oxygen atoms in total. The van der Waals surface area contributed by atoms with Gasteiger partial charge in [0, 0.05) is 12.5 Å². The summed E-state index contributed by atoms with van der Waals surface area (Å²) in [5.41, 5.74) is -1.05. The Morgan fingerprint density at radius 2 is 1.80 bits per heavy atom. The zero-order valence-corrected chi connectivity index (χ0v) is 15.6. The van der Waals surface area contributed by atoms with Crippen LogP contribution >= 0.6 is 12.2 Å². The molecule has 3 unspecified atom stereocenters. The van der Waals surface area contributed by atoms with Crippen molar-refractivity contribution in [3.8, 4) is 0 Å². The second-order valence-corrected chi connectivity index (χ2v) is 8.91. The smallest absolute Gasteiger partial charge is 0.441 e. The minimum Gasteiger partial charge on any atom is -0.480 e. The number of nitrogens with one attached hydrogen (secondary N) is 1. The number of nitrogens with zero attached hydrogens (tertiary/aromatic N) is 1. The predicted molar refractivity (Wildman–Crippen MR) is 88.9 cm³/mol. The first-order valence-electron chi connectivity index (χ1n) is 8.01. The van der Waals surface area contributed by atoms with Crippen LogP contribution in [0.3, 0.4) is 0 Å². The molecule has 2 aliphatic rings. The number of amides is 1. The maximum absolute atomic E-state index is 12.9. The molecule has 1 amide bonds. The van der Waals surface area contributed by atoms with Crippen LogP contribution in [0.25, 0.3) is 0 Å². The molecule has 2 rings (SSSR count). The first-order valence-corrected chi connectivity index (χ1v) is 8.42. The minimum atomic E-state index is -4.75. The number of carboxylic acids is 1. The number of halogens is 3. The maximum Gasteiger partial charge on any atom is 0.441 e. The number of thiocarbonyl (C=S) groups is 1. The number of carbonyl (C=O) groups is 2. The number of piperidine rings is 1. The Morgan fingerprint density at radius 3 is 2.20 bits per heavy atom. The number of hydrogen-bond donors (Lipinski definition) is 2. The Hall–Kier alpha value is -1.38. The van der Waals surface area contributed by atoms with E-state index in [0.29, 0.717) is 0 Å². The molecule has 9 heteroatoms. The zero-order chi connectivity index (χ0) is 19.5. The van der Waals surface area contributed by atoms with Crippen molar-refractivity contribution in [3.05, 3.63) is 0 Å². The lowest BCUT2D eigenvalue weighted by atomic mass is 9.85. The summed E-state index contributed by atoms with van der Waals surface area (Å²) < 4.78 is 38.4. The van der Waals surface area contributed by atoms with Crippen molar-refractivity contribution in [1.82, 2.24) is 10.2 Å². The summed E-state index contributed by atoms with van der Waals surface area (Å²) in [5.74, 6) is -1.91. The van der Waals surface area contributed by atoms with Crippen LogP contribution in [0.2, 0.25) is 0 Å². The van der Waals surface area contributed by atoms with Crippen LogP contribution in [0.4, 0.5) is 13.2 Å². The average Bonchev–Trinajstić information content (AvgIpc) is 2.82. The average molecular weight is 380 g/mol. The van der Waals surface area contributed by atoms with Crippen molar-refractivity contribution < 1.29 is 27.9 Å². The van der Waals surface area contributed by atoms with Crippen LogP contribution in [-0.4, -0.2) is 51.7 Å². The number of alkyl halides is 3. The van der Waals surface area contributed by atoms with Gasteiger partial charge in [0.05, 0.1) is 0 Å². The van der Waals surface area contributed by atoms with Crippen molar-refractivity contribution in [3.63, 3.8) is 0 Å². The molecule has 1 heterocycles. The van der Waals surface area contributed by atoms with Gasteiger partial charge in [0.2, 0.25) is 5.91 Å². The number of fused-ring (bicyclic) bond motifs is 1. The Kier molecular flexibility index (Phi) is 4.64. The third kappa shape index (κ3) is 3.47. The molecule has 1 aliphatic carbocycles. The summed E-state index contributed by atoms with van der Waals surface area (Å²) in [4.78, 5) is 24.4. The molecule has 2 N–H and O–H groups in total. The van der Waals surface area contributed by atoms with Gasteiger partial charge in [-0.2, -0.15) is 13.2 Å². The van der Waals surface area contributed by atoms with Gasteiger partial charge in [-0.1, -0.05) is 46.8 Å². The number of carbonyl (C=O) groups excluding carboxylic acids is 1. The number of rotatable bonds is 3. The largest absolute Gasteiger partial charge is 0.480 e. The van der Waals surface area contributed by atoms with E-state index in [0.717, 1.165) is 0 Å². The molecule has 0 aromatic heterocycles. The van der Waals surface area contributed by atoms with E-state index in [1.807, 2.05) is 13.8 Å². The van der Waals surface area contributed by atoms with E-state index < -0.39 is 40.5 Å². The number of likely N-dealkylation sites (tertiary alicyclic amines) is 1. The highest BCUT2D eigenvalue weighted by atomic mass is 32.1. The van der Waals surface area contributed by atoms with E-state index in [2.05, 4.69) is 17.5 Å². The molecular weight excluding hydrogens is 357 g/mol. The third-order valence-corrected chi connectivity index (χ3v) is 5.74. The Balaban J connectivity index is 2.26. The zero-order valence-electron chi connectivity index (χ0n) is 14.8. The Labute approximate surface area is 149 Å². The number of carboxylic acid groups (broad SMARTS) is 1. The van der Waals surface area contributed by atoms with Crippen LogP contribution in [0.5, 0.6) is 0 Å². The Morgan fingerprint density at radius 1 is 1.28 bits per heavy atom. The molecule has 0 spiro atoms. The molecule has 0 aromatic carbocycles. The van der Waals surface area contributed by atoms with E-state index in [1.165, 1.54) is 4.90 Å². The summed E-state index contributed by atoms with van der Waals surface area (Å²) in [7, 11) is 0. The monoisotopic (exact) mass is 380 g/mol. The lowest BCUT2D eigenvalue weighted by Crippen LogP contribution is -2.59. The van der Waals surface area contributed by atoms with Gasteiger partial charge in [-0.25, -0.2) is 4.79 Å². The van der Waals surface area contributed by atoms with Crippen LogP contribution in [0.15, 0.2) is 0 Å². The molecule has 4 atom stereocenters. The van der Waals surface area contributed by atoms with E-state index in [-0.39, 0.29) is 23.8 Å². The summed E-state index contributed by atoms with van der Waals surface area (Å²) in [6.07, 6.45) is -4.75. The van der Waals surface area contributed by atoms with Gasteiger partial charge in [-0.3, -0.25) is 4.79 Å². The van der Waals surface area contributed by atoms with Crippen LogP contribution in [0, 0.1) is 22.7 Å². The summed E-state index contributed by atoms with van der Waals surface area (Å²) in [5, 5.41) is 11.6. The first-order chi connectivity index (χ1) is 11.1. The highest BCUT2D eigenvalue weighted by Gasteiger charge is 2.70.